The molecule has 1 atom stereocenters. The molecule has 1 aromatic carbocycles. The van der Waals surface area contributed by atoms with Crippen LogP contribution in [-0.2, 0) is 4.57 Å². The highest BCUT2D eigenvalue weighted by Crippen LogP contribution is 2.32. The molecule has 0 spiro atoms. The van der Waals surface area contributed by atoms with Crippen LogP contribution < -0.4 is 14.5 Å². The number of nitrogens with one attached hydrogen (secondary N) is 1. The van der Waals surface area contributed by atoms with E-state index in [4.69, 9.17) is 0 Å². The van der Waals surface area contributed by atoms with E-state index in [1.54, 1.807) is 30.3 Å². The van der Waals surface area contributed by atoms with Gasteiger partial charge in [0.15, 0.2) is 0 Å². The molecule has 0 amide bonds. The van der Waals surface area contributed by atoms with Gasteiger partial charge >= 0.3 is 0 Å². The topological polar surface area (TPSA) is 61.4 Å². The van der Waals surface area contributed by atoms with Gasteiger partial charge in [0.2, 0.25) is 0 Å². The van der Waals surface area contributed by atoms with Crippen molar-refractivity contribution in [2.45, 2.75) is 0 Å². The van der Waals surface area contributed by atoms with Crippen molar-refractivity contribution in [3.05, 3.63) is 30.3 Å². The quantitative estimate of drug-likeness (QED) is 0.707. The smallest absolute Gasteiger partial charge is 0.254 e. The van der Waals surface area contributed by atoms with E-state index in [0.717, 1.165) is 0 Å². The lowest BCUT2D eigenvalue weighted by molar-refractivity contribution is -0.194. The molecule has 1 unspecified atom stereocenters. The minimum atomic E-state index is -3.90. The number of para-hydroxylation sites is 1. The van der Waals surface area contributed by atoms with E-state index in [-0.39, 0.29) is 0 Å². The number of benzene rings is 1. The van der Waals surface area contributed by atoms with Gasteiger partial charge in [-0.15, -0.1) is 0 Å². The largest absolute Gasteiger partial charge is 0.756 e. The summed E-state index contributed by atoms with van der Waals surface area (Å²) in [6.07, 6.45) is 0. The summed E-state index contributed by atoms with van der Waals surface area (Å²) in [4.78, 5) is 10.9. The van der Waals surface area contributed by atoms with Crippen molar-refractivity contribution in [1.29, 1.82) is 0 Å². The molecule has 0 aliphatic rings. The molecule has 66 valence electrons. The van der Waals surface area contributed by atoms with E-state index < -0.39 is 7.75 Å². The van der Waals surface area contributed by atoms with E-state index in [9.17, 15) is 9.46 Å². The lowest BCUT2D eigenvalue weighted by Crippen LogP contribution is -2.19. The fraction of sp³-hybridized carbons (Fsp3) is 0.143. The zero-order chi connectivity index (χ0) is 9.03. The molecule has 0 aliphatic carbocycles. The van der Waals surface area contributed by atoms with Crippen LogP contribution >= 0.6 is 7.75 Å². The highest BCUT2D eigenvalue weighted by Gasteiger charge is 2.04. The Morgan fingerprint density at radius 2 is 2.00 bits per heavy atom. The average Bonchev–Trinajstić information content (AvgIpc) is 2.06. The zero-order valence-electron chi connectivity index (χ0n) is 6.56. The van der Waals surface area contributed by atoms with Gasteiger partial charge in [-0.25, -0.2) is 5.09 Å². The van der Waals surface area contributed by atoms with E-state index in [1.807, 2.05) is 0 Å². The Kier molecular flexibility index (Phi) is 2.87. The van der Waals surface area contributed by atoms with Crippen LogP contribution in [-0.4, -0.2) is 7.05 Å². The third kappa shape index (κ3) is 2.66. The molecule has 4 nitrogen and oxygen atoms in total. The highest BCUT2D eigenvalue weighted by molar-refractivity contribution is 7.49. The Morgan fingerprint density at radius 3 is 2.50 bits per heavy atom. The SMILES string of the molecule is CNP(=O)([O-])Oc1ccccc1. The van der Waals surface area contributed by atoms with Crippen LogP contribution in [0.3, 0.4) is 0 Å². The molecule has 1 rings (SSSR count). The molecule has 0 heterocycles. The summed E-state index contributed by atoms with van der Waals surface area (Å²) in [5.41, 5.74) is 0. The predicted octanol–water partition coefficient (Wildman–Crippen LogP) is 0.753. The van der Waals surface area contributed by atoms with Crippen molar-refractivity contribution in [3.63, 3.8) is 0 Å². The number of hydrogen-bond acceptors (Lipinski definition) is 3. The van der Waals surface area contributed by atoms with Crippen molar-refractivity contribution >= 4 is 7.75 Å². The van der Waals surface area contributed by atoms with Gasteiger partial charge in [-0.05, 0) is 19.2 Å². The second-order valence-corrected chi connectivity index (χ2v) is 3.75. The van der Waals surface area contributed by atoms with E-state index >= 15 is 0 Å². The zero-order valence-corrected chi connectivity index (χ0v) is 7.45. The second-order valence-electron chi connectivity index (χ2n) is 2.13. The first-order chi connectivity index (χ1) is 5.64. The standard InChI is InChI=1S/C7H10NO3P/c1-8-12(9,10)11-7-5-3-2-4-6-7/h2-6H,1H3,(H2,8,9,10)/p-1. The van der Waals surface area contributed by atoms with Gasteiger partial charge in [-0.2, -0.15) is 0 Å². The first kappa shape index (κ1) is 9.26. The Bertz CT molecular complexity index is 288. The molecule has 0 saturated carbocycles. The van der Waals surface area contributed by atoms with E-state index in [2.05, 4.69) is 9.61 Å². The molecule has 1 N–H and O–H groups in total. The highest BCUT2D eigenvalue weighted by atomic mass is 31.2. The van der Waals surface area contributed by atoms with Gasteiger partial charge in [0, 0.05) is 0 Å². The molecule has 0 fully saturated rings. The van der Waals surface area contributed by atoms with Gasteiger partial charge in [0.25, 0.3) is 7.75 Å². The van der Waals surface area contributed by atoms with Crippen LogP contribution in [0, 0.1) is 0 Å². The van der Waals surface area contributed by atoms with E-state index in [1.165, 1.54) is 7.05 Å². The predicted molar refractivity (Wildman–Crippen MR) is 43.7 cm³/mol. The maximum Gasteiger partial charge on any atom is 0.254 e. The molecule has 5 heteroatoms. The first-order valence-electron chi connectivity index (χ1n) is 3.39. The Balaban J connectivity index is 2.71. The molecule has 0 aromatic heterocycles. The third-order valence-electron chi connectivity index (χ3n) is 1.24. The summed E-state index contributed by atoms with van der Waals surface area (Å²) < 4.78 is 15.5. The summed E-state index contributed by atoms with van der Waals surface area (Å²) in [6, 6.07) is 8.32. The van der Waals surface area contributed by atoms with Crippen molar-refractivity contribution in [2.75, 3.05) is 7.05 Å². The van der Waals surface area contributed by atoms with Gasteiger partial charge in [0.1, 0.15) is 5.75 Å². The van der Waals surface area contributed by atoms with Crippen LogP contribution in [0.4, 0.5) is 0 Å². The second kappa shape index (κ2) is 3.72. The maximum atomic E-state index is 10.9. The van der Waals surface area contributed by atoms with E-state index in [0.29, 0.717) is 5.75 Å². The summed E-state index contributed by atoms with van der Waals surface area (Å²) in [5, 5.41) is 2.07. The van der Waals surface area contributed by atoms with Crippen LogP contribution in [0.2, 0.25) is 0 Å². The summed E-state index contributed by atoms with van der Waals surface area (Å²) in [7, 11) is -2.59. The summed E-state index contributed by atoms with van der Waals surface area (Å²) >= 11 is 0. The average molecular weight is 186 g/mol. The molecule has 0 radical (unpaired) electrons. The minimum absolute atomic E-state index is 0.310. The van der Waals surface area contributed by atoms with Crippen LogP contribution in [0.5, 0.6) is 5.75 Å². The van der Waals surface area contributed by atoms with Crippen LogP contribution in [0.15, 0.2) is 30.3 Å². The Morgan fingerprint density at radius 1 is 1.42 bits per heavy atom. The fourth-order valence-corrected chi connectivity index (χ4v) is 1.16. The molecule has 12 heavy (non-hydrogen) atoms. The first-order valence-corrected chi connectivity index (χ1v) is 4.93. The maximum absolute atomic E-state index is 10.9. The van der Waals surface area contributed by atoms with Crippen LogP contribution in [0.1, 0.15) is 0 Å². The van der Waals surface area contributed by atoms with Gasteiger partial charge in [0.05, 0.1) is 0 Å². The molecule has 0 bridgehead atoms. The Labute approximate surface area is 70.8 Å². The molecular weight excluding hydrogens is 177 g/mol. The fourth-order valence-electron chi connectivity index (χ4n) is 0.666. The minimum Gasteiger partial charge on any atom is -0.756 e. The lowest BCUT2D eigenvalue weighted by atomic mass is 10.3. The lowest BCUT2D eigenvalue weighted by Gasteiger charge is -2.22. The summed E-state index contributed by atoms with van der Waals surface area (Å²) in [6.45, 7) is 0. The van der Waals surface area contributed by atoms with Gasteiger partial charge in [-0.1, -0.05) is 18.2 Å². The third-order valence-corrected chi connectivity index (χ3v) is 2.24. The van der Waals surface area contributed by atoms with Crippen molar-refractivity contribution in [3.8, 4) is 5.75 Å². The normalized spacial score (nSPS) is 15.2. The number of hydrogen-bond donors (Lipinski definition) is 1. The van der Waals surface area contributed by atoms with Crippen LogP contribution in [0.25, 0.3) is 0 Å². The van der Waals surface area contributed by atoms with Gasteiger partial charge in [-0.3, -0.25) is 4.57 Å². The Hall–Kier alpha value is -0.830. The summed E-state index contributed by atoms with van der Waals surface area (Å²) in [5.74, 6) is 0.310. The molecule has 0 aliphatic heterocycles. The van der Waals surface area contributed by atoms with Crippen molar-refractivity contribution in [2.24, 2.45) is 0 Å². The number of rotatable bonds is 3. The molecular formula is C7H9NO3P-. The monoisotopic (exact) mass is 186 g/mol. The van der Waals surface area contributed by atoms with Gasteiger partial charge < -0.3 is 9.42 Å². The van der Waals surface area contributed by atoms with Crippen molar-refractivity contribution in [1.82, 2.24) is 5.09 Å². The van der Waals surface area contributed by atoms with Crippen molar-refractivity contribution < 1.29 is 14.0 Å². The molecule has 1 aromatic rings. The molecule has 0 saturated heterocycles.